The third-order valence-corrected chi connectivity index (χ3v) is 13.7. The molecule has 72 heavy (non-hydrogen) atoms. The summed E-state index contributed by atoms with van der Waals surface area (Å²) in [4.78, 5) is 94.0. The number of hydrogen-bond donors (Lipinski definition) is 3. The van der Waals surface area contributed by atoms with Gasteiger partial charge >= 0.3 is 0 Å². The number of nitrogens with zero attached hydrogens (tertiary/aromatic N) is 6. The number of para-hydroxylation sites is 1. The molecule has 2 fully saturated rings. The first kappa shape index (κ1) is 55.5. The van der Waals surface area contributed by atoms with Crippen molar-refractivity contribution in [1.29, 1.82) is 0 Å². The molecule has 2 saturated heterocycles. The lowest BCUT2D eigenvalue weighted by Gasteiger charge is -2.35. The first-order chi connectivity index (χ1) is 34.9. The van der Waals surface area contributed by atoms with E-state index in [0.29, 0.717) is 103 Å². The molecule has 0 aliphatic carbocycles. The van der Waals surface area contributed by atoms with Gasteiger partial charge in [0.2, 0.25) is 17.7 Å². The standard InChI is InChI=1S/C30H40ClN7O4S.C22H28N2O5/c1-4-41-17-18-42-16-7-5-6-11-27(39)38-14-12-37(13-15-38)26-19-25(33-22(3)34-26)35-30-32-20-24(43-30)29(40)36-28-21(2)9-8-10-23(28)31;1-2-29-14-7-5-3-4-6-9-15-10-8-11-16-19(15)22(28)24(21(16)27)17-12-13-18(25)23-20(17)26/h8-10,19-20H,4-7,11-18H2,1-3H3,(H,36,40)(H,32,33,34,35);8,10-11,17H,2-7,9,12-14H2,1H3,(H,23,25,26). The number of piperidine rings is 1. The van der Waals surface area contributed by atoms with E-state index in [1.54, 1.807) is 18.2 Å². The first-order valence-corrected chi connectivity index (χ1v) is 26.3. The summed E-state index contributed by atoms with van der Waals surface area (Å²) in [5.41, 5.74) is 3.09. The molecule has 20 heteroatoms. The average molecular weight is 1030 g/mol. The number of unbranched alkanes of at least 4 members (excludes halogenated alkanes) is 6. The van der Waals surface area contributed by atoms with E-state index >= 15 is 0 Å². The van der Waals surface area contributed by atoms with Crippen LogP contribution >= 0.6 is 22.9 Å². The quantitative estimate of drug-likeness (QED) is 0.0423. The van der Waals surface area contributed by atoms with E-state index < -0.39 is 23.8 Å². The Hall–Kier alpha value is -5.86. The molecule has 7 rings (SSSR count). The van der Waals surface area contributed by atoms with Gasteiger partial charge in [-0.3, -0.25) is 39.0 Å². The lowest BCUT2D eigenvalue weighted by molar-refractivity contribution is -0.136. The average Bonchev–Trinajstić information content (AvgIpc) is 3.94. The molecule has 6 amide bonds. The van der Waals surface area contributed by atoms with Crippen molar-refractivity contribution in [2.45, 2.75) is 111 Å². The van der Waals surface area contributed by atoms with Crippen LogP contribution in [0.3, 0.4) is 0 Å². The SMILES string of the molecule is CCOCCCCCCCc1cccc2c1C(=O)N(C1CCC(=O)NC1=O)C2=O.CCOCCOCCCCCC(=O)N1CCN(c2cc(Nc3ncc(C(=O)Nc4c(C)cccc4Cl)s3)nc(C)n2)CC1. The Labute approximate surface area is 430 Å². The minimum absolute atomic E-state index is 0.125. The number of benzene rings is 2. The summed E-state index contributed by atoms with van der Waals surface area (Å²) in [6.45, 7) is 14.6. The van der Waals surface area contributed by atoms with Crippen LogP contribution in [0.4, 0.5) is 22.5 Å². The van der Waals surface area contributed by atoms with Crippen LogP contribution in [0.15, 0.2) is 48.7 Å². The number of fused-ring (bicyclic) bond motifs is 1. The first-order valence-electron chi connectivity index (χ1n) is 25.1. The van der Waals surface area contributed by atoms with Gasteiger partial charge in [0.1, 0.15) is 28.4 Å². The lowest BCUT2D eigenvalue weighted by Crippen LogP contribution is -2.54. The van der Waals surface area contributed by atoms with Crippen molar-refractivity contribution >= 4 is 80.8 Å². The summed E-state index contributed by atoms with van der Waals surface area (Å²) < 4.78 is 16.1. The van der Waals surface area contributed by atoms with Crippen molar-refractivity contribution in [3.63, 3.8) is 0 Å². The van der Waals surface area contributed by atoms with Gasteiger partial charge in [-0.15, -0.1) is 0 Å². The number of carbonyl (C=O) groups is 6. The van der Waals surface area contributed by atoms with Gasteiger partial charge in [-0.05, 0) is 89.5 Å². The number of aryl methyl sites for hydroxylation is 3. The number of piperazine rings is 1. The van der Waals surface area contributed by atoms with Gasteiger partial charge < -0.3 is 34.6 Å². The fraction of sp³-hybridized carbons (Fsp3) is 0.519. The maximum absolute atomic E-state index is 13.0. The van der Waals surface area contributed by atoms with Crippen molar-refractivity contribution < 1.29 is 43.0 Å². The molecule has 0 spiro atoms. The topological polar surface area (TPSA) is 215 Å². The second-order valence-electron chi connectivity index (χ2n) is 17.7. The minimum atomic E-state index is -0.918. The predicted molar refractivity (Wildman–Crippen MR) is 277 cm³/mol. The van der Waals surface area contributed by atoms with Gasteiger partial charge in [0, 0.05) is 71.5 Å². The number of imide groups is 2. The molecule has 4 aromatic rings. The Morgan fingerprint density at radius 2 is 1.51 bits per heavy atom. The Bertz CT molecular complexity index is 2480. The fourth-order valence-electron chi connectivity index (χ4n) is 8.64. The molecule has 2 aromatic heterocycles. The molecule has 0 saturated carbocycles. The second-order valence-corrected chi connectivity index (χ2v) is 19.1. The van der Waals surface area contributed by atoms with Crippen LogP contribution in [0.25, 0.3) is 0 Å². The van der Waals surface area contributed by atoms with Crippen LogP contribution < -0.4 is 20.9 Å². The number of thiazole rings is 1. The highest BCUT2D eigenvalue weighted by Crippen LogP contribution is 2.32. The Kier molecular flexibility index (Phi) is 21.9. The Morgan fingerprint density at radius 1 is 0.819 bits per heavy atom. The smallest absolute Gasteiger partial charge is 0.267 e. The van der Waals surface area contributed by atoms with Crippen molar-refractivity contribution in [3.8, 4) is 0 Å². The molecule has 2 aromatic carbocycles. The zero-order valence-electron chi connectivity index (χ0n) is 41.9. The van der Waals surface area contributed by atoms with E-state index in [-0.39, 0.29) is 30.6 Å². The van der Waals surface area contributed by atoms with Crippen molar-refractivity contribution in [2.75, 3.05) is 81.4 Å². The van der Waals surface area contributed by atoms with E-state index in [4.69, 9.17) is 25.8 Å². The summed E-state index contributed by atoms with van der Waals surface area (Å²) in [6, 6.07) is 11.7. The molecule has 388 valence electrons. The zero-order valence-corrected chi connectivity index (χ0v) is 43.5. The summed E-state index contributed by atoms with van der Waals surface area (Å²) in [6.07, 6.45) is 11.2. The van der Waals surface area contributed by atoms with Crippen LogP contribution in [0, 0.1) is 13.8 Å². The monoisotopic (exact) mass is 1030 g/mol. The highest BCUT2D eigenvalue weighted by atomic mass is 35.5. The molecule has 1 atom stereocenters. The van der Waals surface area contributed by atoms with Crippen LogP contribution in [0.2, 0.25) is 5.02 Å². The zero-order chi connectivity index (χ0) is 51.4. The maximum Gasteiger partial charge on any atom is 0.267 e. The molecule has 5 heterocycles. The maximum atomic E-state index is 13.0. The molecule has 0 radical (unpaired) electrons. The Balaban J connectivity index is 0.000000254. The summed E-state index contributed by atoms with van der Waals surface area (Å²) >= 11 is 7.48. The number of rotatable bonds is 25. The number of aromatic nitrogens is 3. The van der Waals surface area contributed by atoms with Crippen molar-refractivity contribution in [1.82, 2.24) is 30.1 Å². The van der Waals surface area contributed by atoms with Crippen LogP contribution in [0.5, 0.6) is 0 Å². The van der Waals surface area contributed by atoms with Gasteiger partial charge in [0.15, 0.2) is 5.13 Å². The minimum Gasteiger partial charge on any atom is -0.382 e. The predicted octanol–water partition coefficient (Wildman–Crippen LogP) is 8.08. The molecule has 18 nitrogen and oxygen atoms in total. The van der Waals surface area contributed by atoms with Gasteiger partial charge in [-0.2, -0.15) is 0 Å². The molecular weight excluding hydrogens is 962 g/mol. The van der Waals surface area contributed by atoms with Crippen molar-refractivity contribution in [2.24, 2.45) is 0 Å². The second kappa shape index (κ2) is 28.4. The summed E-state index contributed by atoms with van der Waals surface area (Å²) in [5, 5.41) is 9.33. The van der Waals surface area contributed by atoms with Crippen LogP contribution in [-0.2, 0) is 35.0 Å². The van der Waals surface area contributed by atoms with Gasteiger partial charge in [-0.1, -0.05) is 72.9 Å². The number of hydrogen-bond acceptors (Lipinski definition) is 15. The largest absolute Gasteiger partial charge is 0.382 e. The van der Waals surface area contributed by atoms with E-state index in [1.807, 2.05) is 56.9 Å². The molecule has 3 N–H and O–H groups in total. The van der Waals surface area contributed by atoms with Crippen LogP contribution in [-0.4, -0.2) is 132 Å². The van der Waals surface area contributed by atoms with Gasteiger partial charge in [0.25, 0.3) is 17.7 Å². The highest BCUT2D eigenvalue weighted by molar-refractivity contribution is 7.17. The molecule has 3 aliphatic rings. The molecule has 3 aliphatic heterocycles. The molecule has 0 bridgehead atoms. The number of halogens is 1. The van der Waals surface area contributed by atoms with E-state index in [0.717, 1.165) is 92.8 Å². The number of amides is 6. The summed E-state index contributed by atoms with van der Waals surface area (Å²) in [7, 11) is 0. The van der Waals surface area contributed by atoms with E-state index in [2.05, 4.69) is 35.8 Å². The third kappa shape index (κ3) is 15.8. The van der Waals surface area contributed by atoms with Crippen molar-refractivity contribution in [3.05, 3.63) is 86.6 Å². The van der Waals surface area contributed by atoms with Gasteiger partial charge in [0.05, 0.1) is 41.2 Å². The highest BCUT2D eigenvalue weighted by Gasteiger charge is 2.45. The third-order valence-electron chi connectivity index (χ3n) is 12.5. The number of anilines is 4. The summed E-state index contributed by atoms with van der Waals surface area (Å²) in [5.74, 6) is 0.0890. The fourth-order valence-corrected chi connectivity index (χ4v) is 9.63. The Morgan fingerprint density at radius 3 is 2.26 bits per heavy atom. The lowest BCUT2D eigenvalue weighted by atomic mass is 9.97. The number of nitrogens with one attached hydrogen (secondary N) is 3. The molecular formula is C52H68ClN9O9S. The van der Waals surface area contributed by atoms with E-state index in [1.165, 1.54) is 17.5 Å². The van der Waals surface area contributed by atoms with Crippen LogP contribution in [0.1, 0.15) is 132 Å². The normalized spacial score (nSPS) is 15.6. The number of carbonyl (C=O) groups excluding carboxylic acids is 6. The van der Waals surface area contributed by atoms with E-state index in [9.17, 15) is 28.8 Å². The molecule has 1 unspecified atom stereocenters. The van der Waals surface area contributed by atoms with Gasteiger partial charge in [-0.25, -0.2) is 15.0 Å². The number of ether oxygens (including phenoxy) is 3.